The molecule has 0 aliphatic rings. The van der Waals surface area contributed by atoms with Crippen LogP contribution < -0.4 is 9.86 Å². The van der Waals surface area contributed by atoms with Gasteiger partial charge < -0.3 is 5.11 Å². The molecule has 0 amide bonds. The molecule has 2 rings (SSSR count). The van der Waals surface area contributed by atoms with Crippen LogP contribution in [-0.2, 0) is 20.0 Å². The smallest absolute Gasteiger partial charge is 0.335 e. The summed E-state index contributed by atoms with van der Waals surface area (Å²) < 4.78 is 49.1. The first-order valence-electron chi connectivity index (χ1n) is 6.09. The zero-order valence-corrected chi connectivity index (χ0v) is 13.1. The van der Waals surface area contributed by atoms with Crippen LogP contribution in [0.5, 0.6) is 0 Å². The van der Waals surface area contributed by atoms with Crippen LogP contribution in [0.1, 0.15) is 10.4 Å². The Hall–Kier alpha value is -2.43. The molecule has 0 saturated carbocycles. The van der Waals surface area contributed by atoms with E-state index in [-0.39, 0.29) is 21.0 Å². The van der Waals surface area contributed by atoms with Crippen molar-refractivity contribution in [3.8, 4) is 0 Å². The van der Waals surface area contributed by atoms with Gasteiger partial charge in [-0.1, -0.05) is 6.07 Å². The van der Waals surface area contributed by atoms with Crippen molar-refractivity contribution < 1.29 is 26.7 Å². The van der Waals surface area contributed by atoms with Gasteiger partial charge in [-0.15, -0.1) is 0 Å². The minimum atomic E-state index is -4.00. The lowest BCUT2D eigenvalue weighted by Crippen LogP contribution is -2.15. The predicted octanol–water partition coefficient (Wildman–Crippen LogP) is 0.833. The number of carboxylic acid groups (broad SMARTS) is 1. The van der Waals surface area contributed by atoms with E-state index in [1.54, 1.807) is 0 Å². The number of carboxylic acids is 1. The van der Waals surface area contributed by atoms with Gasteiger partial charge in [0.2, 0.25) is 10.0 Å². The summed E-state index contributed by atoms with van der Waals surface area (Å²) in [5, 5.41) is 13.8. The van der Waals surface area contributed by atoms with Gasteiger partial charge in [0.1, 0.15) is 0 Å². The van der Waals surface area contributed by atoms with Crippen molar-refractivity contribution >= 4 is 31.7 Å². The molecule has 0 aromatic heterocycles. The number of sulfonamides is 2. The van der Waals surface area contributed by atoms with Crippen LogP contribution in [-0.4, -0.2) is 27.9 Å². The third-order valence-electron chi connectivity index (χ3n) is 2.83. The number of hydrogen-bond acceptors (Lipinski definition) is 5. The van der Waals surface area contributed by atoms with E-state index in [0.29, 0.717) is 0 Å². The van der Waals surface area contributed by atoms with Gasteiger partial charge in [0.25, 0.3) is 10.0 Å². The number of aromatic carboxylic acids is 1. The standard InChI is InChI=1S/C13H12N2O6S2/c14-22(18,19)12-3-1-2-10(8-12)15-23(20,21)11-6-4-9(5-7-11)13(16)17/h1-8,15H,(H,16,17)(H2,14,18,19). The third-order valence-corrected chi connectivity index (χ3v) is 5.13. The van der Waals surface area contributed by atoms with Gasteiger partial charge >= 0.3 is 5.97 Å². The Labute approximate surface area is 132 Å². The maximum Gasteiger partial charge on any atom is 0.335 e. The topological polar surface area (TPSA) is 144 Å². The maximum atomic E-state index is 12.2. The van der Waals surface area contributed by atoms with E-state index in [0.717, 1.165) is 30.3 Å². The summed E-state index contributed by atoms with van der Waals surface area (Å²) in [6, 6.07) is 9.58. The highest BCUT2D eigenvalue weighted by atomic mass is 32.2. The molecule has 0 aliphatic carbocycles. The van der Waals surface area contributed by atoms with Crippen molar-refractivity contribution in [1.29, 1.82) is 0 Å². The number of hydrogen-bond donors (Lipinski definition) is 3. The van der Waals surface area contributed by atoms with Crippen molar-refractivity contribution in [3.63, 3.8) is 0 Å². The molecular formula is C13H12N2O6S2. The number of primary sulfonamides is 1. The summed E-state index contributed by atoms with van der Waals surface area (Å²) in [6.45, 7) is 0. The molecule has 2 aromatic carbocycles. The van der Waals surface area contributed by atoms with Gasteiger partial charge in [-0.2, -0.15) is 0 Å². The van der Waals surface area contributed by atoms with E-state index < -0.39 is 26.0 Å². The fourth-order valence-electron chi connectivity index (χ4n) is 1.73. The zero-order valence-electron chi connectivity index (χ0n) is 11.5. The molecule has 8 nitrogen and oxygen atoms in total. The molecule has 0 radical (unpaired) electrons. The summed E-state index contributed by atoms with van der Waals surface area (Å²) >= 11 is 0. The monoisotopic (exact) mass is 356 g/mol. The molecule has 0 spiro atoms. The fraction of sp³-hybridized carbons (Fsp3) is 0. The van der Waals surface area contributed by atoms with Gasteiger partial charge in [0, 0.05) is 0 Å². The van der Waals surface area contributed by atoms with E-state index in [1.807, 2.05) is 0 Å². The average molecular weight is 356 g/mol. The van der Waals surface area contributed by atoms with Crippen LogP contribution in [0.2, 0.25) is 0 Å². The van der Waals surface area contributed by atoms with Crippen molar-refractivity contribution in [2.24, 2.45) is 5.14 Å². The molecule has 23 heavy (non-hydrogen) atoms. The highest BCUT2D eigenvalue weighted by Crippen LogP contribution is 2.19. The molecule has 122 valence electrons. The SMILES string of the molecule is NS(=O)(=O)c1cccc(NS(=O)(=O)c2ccc(C(=O)O)cc2)c1. The normalized spacial score (nSPS) is 11.9. The number of anilines is 1. The van der Waals surface area contributed by atoms with Gasteiger partial charge in [0.15, 0.2) is 0 Å². The molecule has 4 N–H and O–H groups in total. The maximum absolute atomic E-state index is 12.2. The number of benzene rings is 2. The molecule has 10 heteroatoms. The van der Waals surface area contributed by atoms with E-state index in [1.165, 1.54) is 18.2 Å². The van der Waals surface area contributed by atoms with Gasteiger partial charge in [0.05, 0.1) is 21.0 Å². The Morgan fingerprint density at radius 1 is 0.957 bits per heavy atom. The minimum Gasteiger partial charge on any atom is -0.478 e. The predicted molar refractivity (Wildman–Crippen MR) is 82.0 cm³/mol. The number of nitrogens with one attached hydrogen (secondary N) is 1. The summed E-state index contributed by atoms with van der Waals surface area (Å²) in [4.78, 5) is 10.4. The summed E-state index contributed by atoms with van der Waals surface area (Å²) in [6.07, 6.45) is 0. The summed E-state index contributed by atoms with van der Waals surface area (Å²) in [5.74, 6) is -1.18. The Bertz CT molecular complexity index is 950. The molecule has 0 fully saturated rings. The lowest BCUT2D eigenvalue weighted by Gasteiger charge is -2.09. The highest BCUT2D eigenvalue weighted by Gasteiger charge is 2.16. The summed E-state index contributed by atoms with van der Waals surface area (Å²) in [5.41, 5.74) is -0.0426. The van der Waals surface area contributed by atoms with E-state index in [2.05, 4.69) is 4.72 Å². The van der Waals surface area contributed by atoms with Crippen LogP contribution in [0.15, 0.2) is 58.3 Å². The Morgan fingerprint density at radius 3 is 2.09 bits per heavy atom. The molecule has 0 unspecified atom stereocenters. The number of nitrogens with two attached hydrogens (primary N) is 1. The molecule has 0 saturated heterocycles. The van der Waals surface area contributed by atoms with Crippen LogP contribution >= 0.6 is 0 Å². The molecular weight excluding hydrogens is 344 g/mol. The Morgan fingerprint density at radius 2 is 1.57 bits per heavy atom. The Kier molecular flexibility index (Phi) is 4.41. The van der Waals surface area contributed by atoms with Crippen molar-refractivity contribution in [1.82, 2.24) is 0 Å². The second-order valence-corrected chi connectivity index (χ2v) is 7.75. The lowest BCUT2D eigenvalue weighted by molar-refractivity contribution is 0.0696. The first-order valence-corrected chi connectivity index (χ1v) is 9.11. The Balaban J connectivity index is 2.33. The van der Waals surface area contributed by atoms with Crippen LogP contribution in [0, 0.1) is 0 Å². The van der Waals surface area contributed by atoms with E-state index >= 15 is 0 Å². The highest BCUT2D eigenvalue weighted by molar-refractivity contribution is 7.92. The lowest BCUT2D eigenvalue weighted by atomic mass is 10.2. The molecule has 0 heterocycles. The van der Waals surface area contributed by atoms with Crippen molar-refractivity contribution in [3.05, 3.63) is 54.1 Å². The van der Waals surface area contributed by atoms with E-state index in [9.17, 15) is 21.6 Å². The van der Waals surface area contributed by atoms with Crippen LogP contribution in [0.4, 0.5) is 5.69 Å². The molecule has 0 bridgehead atoms. The third kappa shape index (κ3) is 4.06. The molecule has 0 atom stereocenters. The average Bonchev–Trinajstić information content (AvgIpc) is 2.46. The minimum absolute atomic E-state index is 0.0128. The molecule has 2 aromatic rings. The van der Waals surface area contributed by atoms with Gasteiger partial charge in [-0.05, 0) is 42.5 Å². The largest absolute Gasteiger partial charge is 0.478 e. The van der Waals surface area contributed by atoms with Crippen LogP contribution in [0.25, 0.3) is 0 Å². The van der Waals surface area contributed by atoms with Gasteiger partial charge in [-0.25, -0.2) is 26.8 Å². The first-order chi connectivity index (χ1) is 10.6. The quantitative estimate of drug-likeness (QED) is 0.724. The second kappa shape index (κ2) is 5.99. The first kappa shape index (κ1) is 16.9. The van der Waals surface area contributed by atoms with Crippen molar-refractivity contribution in [2.45, 2.75) is 9.79 Å². The van der Waals surface area contributed by atoms with Crippen molar-refractivity contribution in [2.75, 3.05) is 4.72 Å². The number of rotatable bonds is 5. The number of carbonyl (C=O) groups is 1. The second-order valence-electron chi connectivity index (χ2n) is 4.51. The van der Waals surface area contributed by atoms with E-state index in [4.69, 9.17) is 10.2 Å². The fourth-order valence-corrected chi connectivity index (χ4v) is 3.34. The molecule has 0 aliphatic heterocycles. The summed E-state index contributed by atoms with van der Waals surface area (Å²) in [7, 11) is -7.96. The van der Waals surface area contributed by atoms with Gasteiger partial charge in [-0.3, -0.25) is 4.72 Å². The van der Waals surface area contributed by atoms with Crippen LogP contribution in [0.3, 0.4) is 0 Å². The zero-order chi connectivity index (χ0) is 17.3.